The Hall–Kier alpha value is -0.970. The molecule has 0 rings (SSSR count). The lowest BCUT2D eigenvalue weighted by Crippen LogP contribution is -2.09. The van der Waals surface area contributed by atoms with Crippen LogP contribution in [0.4, 0.5) is 0 Å². The fourth-order valence-electron chi connectivity index (χ4n) is 2.76. The van der Waals surface area contributed by atoms with Crippen molar-refractivity contribution in [1.29, 1.82) is 0 Å². The molecule has 2 nitrogen and oxygen atoms in total. The summed E-state index contributed by atoms with van der Waals surface area (Å²) in [6, 6.07) is 0. The summed E-state index contributed by atoms with van der Waals surface area (Å²) in [5, 5.41) is 0. The zero-order valence-electron chi connectivity index (χ0n) is 15.5. The van der Waals surface area contributed by atoms with E-state index in [1.807, 2.05) is 0 Å². The van der Waals surface area contributed by atoms with Crippen molar-refractivity contribution in [1.82, 2.24) is 0 Å². The Balaban J connectivity index is 3.08. The molecule has 0 saturated heterocycles. The van der Waals surface area contributed by atoms with Crippen LogP contribution in [0.1, 0.15) is 116 Å². The molecule has 0 spiro atoms. The van der Waals surface area contributed by atoms with Crippen LogP contribution in [-0.2, 0) is 4.79 Å². The van der Waals surface area contributed by atoms with Crippen molar-refractivity contribution in [3.63, 3.8) is 0 Å². The second-order valence-corrected chi connectivity index (χ2v) is 6.67. The van der Waals surface area contributed by atoms with Gasteiger partial charge in [-0.3, -0.25) is 4.79 Å². The summed E-state index contributed by atoms with van der Waals surface area (Å²) < 4.78 is 0. The molecule has 0 aliphatic carbocycles. The minimum atomic E-state index is -0.219. The largest absolute Gasteiger partial charge is 0.370 e. The number of primary amides is 1. The van der Waals surface area contributed by atoms with Crippen molar-refractivity contribution < 1.29 is 4.79 Å². The van der Waals surface area contributed by atoms with Gasteiger partial charge in [0.05, 0.1) is 0 Å². The van der Waals surface area contributed by atoms with Gasteiger partial charge in [0.2, 0.25) is 5.91 Å². The van der Waals surface area contributed by atoms with Gasteiger partial charge in [-0.15, -0.1) is 11.8 Å². The number of amides is 1. The lowest BCUT2D eigenvalue weighted by Gasteiger charge is -2.02. The lowest BCUT2D eigenvalue weighted by atomic mass is 10.0. The van der Waals surface area contributed by atoms with Crippen LogP contribution in [0.5, 0.6) is 0 Å². The molecule has 0 aliphatic rings. The van der Waals surface area contributed by atoms with Gasteiger partial charge in [-0.05, 0) is 12.8 Å². The van der Waals surface area contributed by atoms with E-state index in [2.05, 4.69) is 18.8 Å². The van der Waals surface area contributed by atoms with Crippen LogP contribution in [0, 0.1) is 11.8 Å². The first-order valence-corrected chi connectivity index (χ1v) is 10.0. The van der Waals surface area contributed by atoms with Crippen molar-refractivity contribution in [2.75, 3.05) is 0 Å². The summed E-state index contributed by atoms with van der Waals surface area (Å²) in [6.45, 7) is 2.28. The monoisotopic (exact) mass is 321 g/mol. The fraction of sp³-hybridized carbons (Fsp3) is 0.857. The summed E-state index contributed by atoms with van der Waals surface area (Å²) in [7, 11) is 0. The number of carbonyl (C=O) groups is 1. The van der Waals surface area contributed by atoms with Crippen LogP contribution in [0.15, 0.2) is 0 Å². The molecular formula is C21H39NO. The Kier molecular flexibility index (Phi) is 18.3. The second-order valence-electron chi connectivity index (χ2n) is 6.67. The van der Waals surface area contributed by atoms with Crippen molar-refractivity contribution in [2.45, 2.75) is 116 Å². The zero-order chi connectivity index (χ0) is 17.0. The maximum atomic E-state index is 10.5. The summed E-state index contributed by atoms with van der Waals surface area (Å²) in [6.07, 6.45) is 21.2. The van der Waals surface area contributed by atoms with Gasteiger partial charge in [0.25, 0.3) is 0 Å². The van der Waals surface area contributed by atoms with Crippen LogP contribution in [0.25, 0.3) is 0 Å². The van der Waals surface area contributed by atoms with E-state index in [0.29, 0.717) is 6.42 Å². The normalized spacial score (nSPS) is 10.3. The van der Waals surface area contributed by atoms with Crippen LogP contribution in [-0.4, -0.2) is 5.91 Å². The highest BCUT2D eigenvalue weighted by Gasteiger charge is 1.93. The number of hydrogen-bond acceptors (Lipinski definition) is 1. The quantitative estimate of drug-likeness (QED) is 0.270. The summed E-state index contributed by atoms with van der Waals surface area (Å²) in [5.41, 5.74) is 5.08. The van der Waals surface area contributed by atoms with Gasteiger partial charge in [-0.1, -0.05) is 84.0 Å². The minimum Gasteiger partial charge on any atom is -0.370 e. The highest BCUT2D eigenvalue weighted by Crippen LogP contribution is 2.12. The van der Waals surface area contributed by atoms with Gasteiger partial charge < -0.3 is 5.73 Å². The van der Waals surface area contributed by atoms with Crippen LogP contribution in [0.3, 0.4) is 0 Å². The van der Waals surface area contributed by atoms with E-state index < -0.39 is 0 Å². The van der Waals surface area contributed by atoms with E-state index in [1.165, 1.54) is 83.5 Å². The third-order valence-corrected chi connectivity index (χ3v) is 4.26. The van der Waals surface area contributed by atoms with E-state index in [-0.39, 0.29) is 5.91 Å². The molecule has 0 atom stereocenters. The van der Waals surface area contributed by atoms with Gasteiger partial charge >= 0.3 is 0 Å². The van der Waals surface area contributed by atoms with E-state index in [1.54, 1.807) is 0 Å². The van der Waals surface area contributed by atoms with Gasteiger partial charge in [-0.2, -0.15) is 0 Å². The summed E-state index contributed by atoms with van der Waals surface area (Å²) >= 11 is 0. The van der Waals surface area contributed by atoms with Crippen LogP contribution in [0.2, 0.25) is 0 Å². The average Bonchev–Trinajstić information content (AvgIpc) is 2.53. The van der Waals surface area contributed by atoms with Crippen LogP contribution >= 0.6 is 0 Å². The highest BCUT2D eigenvalue weighted by atomic mass is 16.1. The zero-order valence-corrected chi connectivity index (χ0v) is 15.5. The van der Waals surface area contributed by atoms with Crippen molar-refractivity contribution in [3.05, 3.63) is 0 Å². The first-order chi connectivity index (χ1) is 11.3. The Morgan fingerprint density at radius 2 is 1.04 bits per heavy atom. The molecule has 0 heterocycles. The molecule has 2 N–H and O–H groups in total. The smallest absolute Gasteiger partial charge is 0.217 e. The Bertz CT molecular complexity index is 314. The van der Waals surface area contributed by atoms with Gasteiger partial charge in [0.1, 0.15) is 0 Å². The predicted molar refractivity (Wildman–Crippen MR) is 101 cm³/mol. The van der Waals surface area contributed by atoms with Gasteiger partial charge in [0.15, 0.2) is 0 Å². The maximum Gasteiger partial charge on any atom is 0.217 e. The number of hydrogen-bond donors (Lipinski definition) is 1. The Morgan fingerprint density at radius 3 is 1.48 bits per heavy atom. The van der Waals surface area contributed by atoms with Gasteiger partial charge in [0, 0.05) is 19.3 Å². The second kappa shape index (κ2) is 19.1. The molecule has 0 radical (unpaired) electrons. The van der Waals surface area contributed by atoms with Crippen molar-refractivity contribution in [2.24, 2.45) is 5.73 Å². The molecule has 0 unspecified atom stereocenters. The molecule has 0 aliphatic heterocycles. The third kappa shape index (κ3) is 21.0. The minimum absolute atomic E-state index is 0.219. The number of nitrogens with two attached hydrogens (primary N) is 1. The van der Waals surface area contributed by atoms with Crippen LogP contribution < -0.4 is 5.73 Å². The first kappa shape index (κ1) is 22.0. The lowest BCUT2D eigenvalue weighted by molar-refractivity contribution is -0.118. The first-order valence-electron chi connectivity index (χ1n) is 10.0. The number of rotatable bonds is 16. The molecule has 0 aromatic rings. The molecule has 0 aromatic heterocycles. The van der Waals surface area contributed by atoms with E-state index >= 15 is 0 Å². The molecule has 1 amide bonds. The van der Waals surface area contributed by atoms with Crippen molar-refractivity contribution in [3.8, 4) is 11.8 Å². The van der Waals surface area contributed by atoms with E-state index in [4.69, 9.17) is 5.73 Å². The van der Waals surface area contributed by atoms with E-state index in [9.17, 15) is 4.79 Å². The summed E-state index contributed by atoms with van der Waals surface area (Å²) in [4.78, 5) is 10.5. The predicted octanol–water partition coefficient (Wildman–Crippen LogP) is 6.13. The molecule has 0 aromatic carbocycles. The highest BCUT2D eigenvalue weighted by molar-refractivity contribution is 5.73. The third-order valence-electron chi connectivity index (χ3n) is 4.26. The van der Waals surface area contributed by atoms with E-state index in [0.717, 1.165) is 19.3 Å². The topological polar surface area (TPSA) is 43.1 Å². The molecular weight excluding hydrogens is 282 g/mol. The molecule has 23 heavy (non-hydrogen) atoms. The molecule has 0 bridgehead atoms. The molecule has 134 valence electrons. The average molecular weight is 322 g/mol. The molecule has 2 heteroatoms. The maximum absolute atomic E-state index is 10.5. The summed E-state index contributed by atoms with van der Waals surface area (Å²) in [5.74, 6) is 6.10. The number of unbranched alkanes of at least 4 members (excludes halogenated alkanes) is 14. The number of carbonyl (C=O) groups excluding carboxylic acids is 1. The fourth-order valence-corrected chi connectivity index (χ4v) is 2.76. The van der Waals surface area contributed by atoms with Gasteiger partial charge in [-0.25, -0.2) is 0 Å². The van der Waals surface area contributed by atoms with Crippen molar-refractivity contribution >= 4 is 5.91 Å². The molecule has 0 fully saturated rings. The SMILES string of the molecule is CCCCCCCCCCCCCCCC#CCCCC(N)=O. The Morgan fingerprint density at radius 1 is 0.652 bits per heavy atom. The molecule has 0 saturated carbocycles. The Labute approximate surface area is 145 Å². The standard InChI is InChI=1S/C21H39NO/c1-2-3-4-5-6-7-8-9-10-11-12-13-14-15-16-17-18-19-20-21(22)23/h2-15,18-20H2,1H3,(H2,22,23).